The van der Waals surface area contributed by atoms with Gasteiger partial charge in [0.1, 0.15) is 5.75 Å². The summed E-state index contributed by atoms with van der Waals surface area (Å²) < 4.78 is 5.17. The van der Waals surface area contributed by atoms with E-state index >= 15 is 0 Å². The zero-order chi connectivity index (χ0) is 16.0. The van der Waals surface area contributed by atoms with Gasteiger partial charge in [0, 0.05) is 5.92 Å². The lowest BCUT2D eigenvalue weighted by molar-refractivity contribution is 0.0414. The Morgan fingerprint density at radius 1 is 1.09 bits per heavy atom. The van der Waals surface area contributed by atoms with Gasteiger partial charge in [0.25, 0.3) is 0 Å². The van der Waals surface area contributed by atoms with E-state index in [1.54, 1.807) is 7.11 Å². The van der Waals surface area contributed by atoms with Gasteiger partial charge < -0.3 is 9.84 Å². The van der Waals surface area contributed by atoms with Gasteiger partial charge in [-0.1, -0.05) is 61.5 Å². The molecule has 2 aromatic carbocycles. The Morgan fingerprint density at radius 3 is 2.27 bits per heavy atom. The maximum atomic E-state index is 10.7. The number of rotatable bonds is 6. The van der Waals surface area contributed by atoms with Crippen LogP contribution in [0.1, 0.15) is 37.3 Å². The number of hydrogen-bond acceptors (Lipinski definition) is 2. The molecule has 0 saturated heterocycles. The maximum Gasteiger partial charge on any atom is 0.118 e. The van der Waals surface area contributed by atoms with Crippen LogP contribution in [0, 0.1) is 0 Å². The maximum absolute atomic E-state index is 10.7. The predicted octanol–water partition coefficient (Wildman–Crippen LogP) is 4.65. The molecule has 0 radical (unpaired) electrons. The predicted molar refractivity (Wildman–Crippen MR) is 92.1 cm³/mol. The highest BCUT2D eigenvalue weighted by Gasteiger charge is 2.29. The summed E-state index contributed by atoms with van der Waals surface area (Å²) in [7, 11) is 1.66. The number of benzene rings is 2. The summed E-state index contributed by atoms with van der Waals surface area (Å²) in [5, 5.41) is 10.7. The molecular formula is C20H24O2. The van der Waals surface area contributed by atoms with Gasteiger partial charge in [-0.15, -0.1) is 0 Å². The lowest BCUT2D eigenvalue weighted by atomic mass is 9.81. The second-order valence-electron chi connectivity index (χ2n) is 5.73. The number of aliphatic hydroxyl groups is 1. The van der Waals surface area contributed by atoms with Crippen molar-refractivity contribution >= 4 is 6.08 Å². The molecule has 2 nitrogen and oxygen atoms in total. The van der Waals surface area contributed by atoms with Crippen molar-refractivity contribution in [1.82, 2.24) is 0 Å². The van der Waals surface area contributed by atoms with E-state index in [4.69, 9.17) is 4.74 Å². The van der Waals surface area contributed by atoms with Crippen LogP contribution in [0.2, 0.25) is 0 Å². The fourth-order valence-electron chi connectivity index (χ4n) is 2.48. The molecule has 0 aliphatic heterocycles. The summed E-state index contributed by atoms with van der Waals surface area (Å²) in [5.74, 6) is 0.804. The van der Waals surface area contributed by atoms with E-state index in [1.165, 1.54) is 0 Å². The summed E-state index contributed by atoms with van der Waals surface area (Å²) in [4.78, 5) is 0. The molecule has 22 heavy (non-hydrogen) atoms. The van der Waals surface area contributed by atoms with Crippen molar-refractivity contribution in [2.75, 3.05) is 7.11 Å². The number of methoxy groups -OCH3 is 1. The fourth-order valence-corrected chi connectivity index (χ4v) is 2.48. The first kappa shape index (κ1) is 16.3. The number of ether oxygens (including phenoxy) is 1. The average Bonchev–Trinajstić information content (AvgIpc) is 2.56. The summed E-state index contributed by atoms with van der Waals surface area (Å²) in [6.45, 7) is 3.90. The van der Waals surface area contributed by atoms with Crippen LogP contribution in [0.25, 0.3) is 6.08 Å². The van der Waals surface area contributed by atoms with Crippen molar-refractivity contribution in [2.24, 2.45) is 0 Å². The zero-order valence-electron chi connectivity index (χ0n) is 13.5. The van der Waals surface area contributed by atoms with E-state index in [9.17, 15) is 5.11 Å². The molecule has 0 aliphatic rings. The Bertz CT molecular complexity index is 597. The second-order valence-corrected chi connectivity index (χ2v) is 5.73. The van der Waals surface area contributed by atoms with Crippen LogP contribution in [0.3, 0.4) is 0 Å². The third-order valence-electron chi connectivity index (χ3n) is 4.14. The molecule has 2 aromatic rings. The molecule has 0 amide bonds. The first-order chi connectivity index (χ1) is 10.6. The van der Waals surface area contributed by atoms with Crippen LogP contribution in [-0.2, 0) is 0 Å². The van der Waals surface area contributed by atoms with Gasteiger partial charge in [-0.05, 0) is 36.6 Å². The van der Waals surface area contributed by atoms with Crippen LogP contribution < -0.4 is 4.74 Å². The minimum Gasteiger partial charge on any atom is -0.497 e. The van der Waals surface area contributed by atoms with Gasteiger partial charge >= 0.3 is 0 Å². The molecule has 0 spiro atoms. The highest BCUT2D eigenvalue weighted by Crippen LogP contribution is 2.32. The van der Waals surface area contributed by atoms with E-state index in [-0.39, 0.29) is 5.92 Å². The number of hydrogen-bond donors (Lipinski definition) is 1. The van der Waals surface area contributed by atoms with Gasteiger partial charge in [0.05, 0.1) is 12.7 Å². The average molecular weight is 296 g/mol. The van der Waals surface area contributed by atoms with Crippen LogP contribution in [0.15, 0.2) is 60.7 Å². The molecule has 0 saturated carbocycles. The second kappa shape index (κ2) is 7.28. The van der Waals surface area contributed by atoms with Gasteiger partial charge in [-0.2, -0.15) is 0 Å². The molecule has 2 atom stereocenters. The summed E-state index contributed by atoms with van der Waals surface area (Å²) in [5.41, 5.74) is 1.44. The zero-order valence-corrected chi connectivity index (χ0v) is 13.5. The third-order valence-corrected chi connectivity index (χ3v) is 4.14. The lowest BCUT2D eigenvalue weighted by Gasteiger charge is -2.30. The first-order valence-corrected chi connectivity index (χ1v) is 7.66. The van der Waals surface area contributed by atoms with Crippen LogP contribution in [-0.4, -0.2) is 17.8 Å². The fraction of sp³-hybridized carbons (Fsp3) is 0.300. The Kier molecular flexibility index (Phi) is 5.40. The Morgan fingerprint density at radius 2 is 1.73 bits per heavy atom. The normalized spacial score (nSPS) is 15.5. The SMILES string of the molecule is CC[C@@](C)(O)C(/C=C/c1ccc(OC)cc1)c1ccccc1. The summed E-state index contributed by atoms with van der Waals surface area (Å²) >= 11 is 0. The van der Waals surface area contributed by atoms with Crippen molar-refractivity contribution in [3.8, 4) is 5.75 Å². The van der Waals surface area contributed by atoms with Crippen molar-refractivity contribution in [2.45, 2.75) is 31.8 Å². The molecule has 0 aromatic heterocycles. The molecule has 0 bridgehead atoms. The van der Waals surface area contributed by atoms with Crippen molar-refractivity contribution in [3.05, 3.63) is 71.8 Å². The van der Waals surface area contributed by atoms with Crippen molar-refractivity contribution in [1.29, 1.82) is 0 Å². The molecule has 2 rings (SSSR count). The minimum absolute atomic E-state index is 0.0409. The standard InChI is InChI=1S/C20H24O2/c1-4-20(2,21)19(17-8-6-5-7-9-17)15-12-16-10-13-18(22-3)14-11-16/h5-15,19,21H,4H2,1-3H3/b15-12+/t19?,20-/m1/s1. The molecule has 1 unspecified atom stereocenters. The van der Waals surface area contributed by atoms with E-state index in [1.807, 2.05) is 56.3 Å². The van der Waals surface area contributed by atoms with Gasteiger partial charge in [0.2, 0.25) is 0 Å². The smallest absolute Gasteiger partial charge is 0.118 e. The molecule has 0 fully saturated rings. The Hall–Kier alpha value is -2.06. The molecule has 0 aliphatic carbocycles. The van der Waals surface area contributed by atoms with E-state index in [2.05, 4.69) is 24.3 Å². The highest BCUT2D eigenvalue weighted by molar-refractivity contribution is 5.52. The molecule has 0 heterocycles. The lowest BCUT2D eigenvalue weighted by Crippen LogP contribution is -2.30. The molecular weight excluding hydrogens is 272 g/mol. The van der Waals surface area contributed by atoms with Crippen molar-refractivity contribution < 1.29 is 9.84 Å². The van der Waals surface area contributed by atoms with E-state index in [0.717, 1.165) is 16.9 Å². The molecule has 2 heteroatoms. The summed E-state index contributed by atoms with van der Waals surface area (Å²) in [6.07, 6.45) is 4.83. The van der Waals surface area contributed by atoms with Crippen molar-refractivity contribution in [3.63, 3.8) is 0 Å². The van der Waals surface area contributed by atoms with E-state index < -0.39 is 5.60 Å². The third kappa shape index (κ3) is 3.99. The van der Waals surface area contributed by atoms with Gasteiger partial charge in [0.15, 0.2) is 0 Å². The summed E-state index contributed by atoms with van der Waals surface area (Å²) in [6, 6.07) is 18.0. The topological polar surface area (TPSA) is 29.5 Å². The molecule has 116 valence electrons. The molecule has 1 N–H and O–H groups in total. The highest BCUT2D eigenvalue weighted by atomic mass is 16.5. The Labute approximate surface area is 133 Å². The minimum atomic E-state index is -0.773. The van der Waals surface area contributed by atoms with Crippen LogP contribution in [0.4, 0.5) is 0 Å². The van der Waals surface area contributed by atoms with Gasteiger partial charge in [-0.25, -0.2) is 0 Å². The monoisotopic (exact) mass is 296 g/mol. The Balaban J connectivity index is 2.28. The van der Waals surface area contributed by atoms with Gasteiger partial charge in [-0.3, -0.25) is 0 Å². The van der Waals surface area contributed by atoms with Crippen LogP contribution in [0.5, 0.6) is 5.75 Å². The largest absolute Gasteiger partial charge is 0.497 e. The first-order valence-electron chi connectivity index (χ1n) is 7.66. The van der Waals surface area contributed by atoms with Crippen LogP contribution >= 0.6 is 0 Å². The van der Waals surface area contributed by atoms with E-state index in [0.29, 0.717) is 6.42 Å². The quantitative estimate of drug-likeness (QED) is 0.840.